The molecule has 140 valence electrons. The first-order valence-corrected chi connectivity index (χ1v) is 8.47. The summed E-state index contributed by atoms with van der Waals surface area (Å²) in [4.78, 5) is 25.6. The second-order valence-corrected chi connectivity index (χ2v) is 6.78. The lowest BCUT2D eigenvalue weighted by Crippen LogP contribution is -2.27. The Morgan fingerprint density at radius 2 is 1.78 bits per heavy atom. The number of phenols is 1. The molecule has 1 fully saturated rings. The molecule has 27 heavy (non-hydrogen) atoms. The molecule has 0 unspecified atom stereocenters. The Hall–Kier alpha value is -2.94. The van der Waals surface area contributed by atoms with E-state index in [1.165, 1.54) is 12.1 Å². The van der Waals surface area contributed by atoms with Crippen LogP contribution in [0.15, 0.2) is 47.4 Å². The molecule has 1 saturated heterocycles. The van der Waals surface area contributed by atoms with Gasteiger partial charge in [0.25, 0.3) is 11.1 Å². The van der Waals surface area contributed by atoms with Gasteiger partial charge in [0.1, 0.15) is 5.75 Å². The van der Waals surface area contributed by atoms with Crippen molar-refractivity contribution >= 4 is 34.7 Å². The second kappa shape index (κ2) is 6.99. The van der Waals surface area contributed by atoms with E-state index in [0.29, 0.717) is 23.0 Å². The Morgan fingerprint density at radius 3 is 2.41 bits per heavy atom. The van der Waals surface area contributed by atoms with E-state index in [0.717, 1.165) is 17.0 Å². The summed E-state index contributed by atoms with van der Waals surface area (Å²) in [7, 11) is 0. The van der Waals surface area contributed by atoms with Crippen molar-refractivity contribution in [2.75, 3.05) is 5.73 Å². The average molecular weight is 394 g/mol. The van der Waals surface area contributed by atoms with Gasteiger partial charge < -0.3 is 10.8 Å². The first kappa shape index (κ1) is 18.8. The molecule has 0 radical (unpaired) electrons. The number of amides is 2. The number of alkyl halides is 3. The summed E-state index contributed by atoms with van der Waals surface area (Å²) in [5.74, 6) is -1.50. The van der Waals surface area contributed by atoms with Crippen molar-refractivity contribution in [2.45, 2.75) is 12.7 Å². The fourth-order valence-corrected chi connectivity index (χ4v) is 3.30. The topological polar surface area (TPSA) is 83.6 Å². The van der Waals surface area contributed by atoms with Gasteiger partial charge in [-0.1, -0.05) is 18.2 Å². The molecular formula is C18H13F3N2O3S. The zero-order valence-corrected chi connectivity index (χ0v) is 14.5. The second-order valence-electron chi connectivity index (χ2n) is 5.78. The molecule has 2 aromatic rings. The Labute approximate surface area is 156 Å². The van der Waals surface area contributed by atoms with Gasteiger partial charge in [-0.05, 0) is 53.2 Å². The largest absolute Gasteiger partial charge is 0.507 e. The molecule has 5 nitrogen and oxygen atoms in total. The SMILES string of the molecule is Nc1ccc(CN2C(=O)S/C(=C\c3ccc(O)c(C(F)(F)F)c3)C2=O)cc1. The number of benzene rings is 2. The minimum Gasteiger partial charge on any atom is -0.507 e. The van der Waals surface area contributed by atoms with Gasteiger partial charge >= 0.3 is 6.18 Å². The van der Waals surface area contributed by atoms with Crippen LogP contribution in [0.4, 0.5) is 23.7 Å². The number of phenolic OH excluding ortho intramolecular Hbond substituents is 1. The number of nitrogens with zero attached hydrogens (tertiary/aromatic N) is 1. The van der Waals surface area contributed by atoms with Crippen molar-refractivity contribution < 1.29 is 27.9 Å². The first-order valence-electron chi connectivity index (χ1n) is 7.65. The lowest BCUT2D eigenvalue weighted by atomic mass is 10.1. The molecule has 0 spiro atoms. The minimum absolute atomic E-state index is 0.00857. The number of hydrogen-bond acceptors (Lipinski definition) is 5. The summed E-state index contributed by atoms with van der Waals surface area (Å²) in [6, 6.07) is 9.49. The predicted molar refractivity (Wildman–Crippen MR) is 95.5 cm³/mol. The van der Waals surface area contributed by atoms with E-state index in [4.69, 9.17) is 5.73 Å². The Kier molecular flexibility index (Phi) is 4.88. The van der Waals surface area contributed by atoms with Gasteiger partial charge in [-0.25, -0.2) is 0 Å². The summed E-state index contributed by atoms with van der Waals surface area (Å²) < 4.78 is 38.7. The molecule has 0 bridgehead atoms. The van der Waals surface area contributed by atoms with Crippen molar-refractivity contribution in [2.24, 2.45) is 0 Å². The van der Waals surface area contributed by atoms with Crippen molar-refractivity contribution in [3.05, 3.63) is 64.1 Å². The Balaban J connectivity index is 1.85. The van der Waals surface area contributed by atoms with Crippen molar-refractivity contribution in [1.82, 2.24) is 4.90 Å². The van der Waals surface area contributed by atoms with Crippen LogP contribution in [0, 0.1) is 0 Å². The molecule has 0 atom stereocenters. The number of thioether (sulfide) groups is 1. The van der Waals surface area contributed by atoms with E-state index < -0.39 is 28.6 Å². The summed E-state index contributed by atoms with van der Waals surface area (Å²) in [5.41, 5.74) is 5.67. The first-order chi connectivity index (χ1) is 12.6. The highest BCUT2D eigenvalue weighted by atomic mass is 32.2. The van der Waals surface area contributed by atoms with Gasteiger partial charge in [-0.2, -0.15) is 13.2 Å². The standard InChI is InChI=1S/C18H13F3N2O3S/c19-18(20,21)13-7-11(3-6-14(13)24)8-15-16(25)23(17(26)27-15)9-10-1-4-12(22)5-2-10/h1-8,24H,9,22H2/b15-8-. The van der Waals surface area contributed by atoms with Crippen LogP contribution in [-0.2, 0) is 17.5 Å². The fraction of sp³-hybridized carbons (Fsp3) is 0.111. The van der Waals surface area contributed by atoms with E-state index in [9.17, 15) is 27.9 Å². The Bertz CT molecular complexity index is 940. The van der Waals surface area contributed by atoms with E-state index in [1.807, 2.05) is 0 Å². The molecule has 3 N–H and O–H groups in total. The van der Waals surface area contributed by atoms with Gasteiger partial charge in [0, 0.05) is 5.69 Å². The molecule has 9 heteroatoms. The summed E-state index contributed by atoms with van der Waals surface area (Å²) in [6.07, 6.45) is -3.54. The quantitative estimate of drug-likeness (QED) is 0.601. The van der Waals surface area contributed by atoms with Crippen LogP contribution >= 0.6 is 11.8 Å². The molecule has 1 aliphatic heterocycles. The highest BCUT2D eigenvalue weighted by Crippen LogP contribution is 2.38. The van der Waals surface area contributed by atoms with Gasteiger partial charge in [-0.15, -0.1) is 0 Å². The number of nitrogens with two attached hydrogens (primary N) is 1. The van der Waals surface area contributed by atoms with Gasteiger partial charge in [0.15, 0.2) is 0 Å². The van der Waals surface area contributed by atoms with E-state index >= 15 is 0 Å². The molecule has 0 aromatic heterocycles. The Morgan fingerprint density at radius 1 is 1.11 bits per heavy atom. The number of imide groups is 1. The smallest absolute Gasteiger partial charge is 0.419 e. The summed E-state index contributed by atoms with van der Waals surface area (Å²) in [5, 5.41) is 8.85. The monoisotopic (exact) mass is 394 g/mol. The zero-order valence-electron chi connectivity index (χ0n) is 13.7. The fourth-order valence-electron chi connectivity index (χ4n) is 2.46. The van der Waals surface area contributed by atoms with Crippen LogP contribution in [0.1, 0.15) is 16.7 Å². The van der Waals surface area contributed by atoms with Crippen LogP contribution < -0.4 is 5.73 Å². The number of hydrogen-bond donors (Lipinski definition) is 2. The number of carbonyl (C=O) groups excluding carboxylic acids is 2. The minimum atomic E-state index is -4.73. The van der Waals surface area contributed by atoms with Crippen molar-refractivity contribution in [3.63, 3.8) is 0 Å². The number of nitrogen functional groups attached to an aromatic ring is 1. The third kappa shape index (κ3) is 4.08. The van der Waals surface area contributed by atoms with E-state index in [-0.39, 0.29) is 17.0 Å². The number of anilines is 1. The molecule has 1 aliphatic rings. The molecule has 2 aromatic carbocycles. The van der Waals surface area contributed by atoms with Crippen LogP contribution in [0.5, 0.6) is 5.75 Å². The number of carbonyl (C=O) groups is 2. The maximum absolute atomic E-state index is 12.9. The van der Waals surface area contributed by atoms with Crippen LogP contribution in [-0.4, -0.2) is 21.2 Å². The maximum Gasteiger partial charge on any atom is 0.419 e. The predicted octanol–water partition coefficient (Wildman–Crippen LogP) is 4.23. The normalized spacial score (nSPS) is 16.4. The highest BCUT2D eigenvalue weighted by Gasteiger charge is 2.36. The van der Waals surface area contributed by atoms with Crippen LogP contribution in [0.25, 0.3) is 6.08 Å². The number of halogens is 3. The van der Waals surface area contributed by atoms with Crippen LogP contribution in [0.2, 0.25) is 0 Å². The highest BCUT2D eigenvalue weighted by molar-refractivity contribution is 8.18. The molecule has 0 saturated carbocycles. The van der Waals surface area contributed by atoms with Gasteiger partial charge in [0.05, 0.1) is 17.0 Å². The number of rotatable bonds is 3. The average Bonchev–Trinajstić information content (AvgIpc) is 2.85. The molecule has 2 amide bonds. The zero-order chi connectivity index (χ0) is 19.8. The van der Waals surface area contributed by atoms with E-state index in [1.54, 1.807) is 24.3 Å². The van der Waals surface area contributed by atoms with Crippen molar-refractivity contribution in [1.29, 1.82) is 0 Å². The third-order valence-corrected chi connectivity index (χ3v) is 4.73. The summed E-state index contributed by atoms with van der Waals surface area (Å²) >= 11 is 0.647. The molecule has 1 heterocycles. The van der Waals surface area contributed by atoms with Crippen LogP contribution in [0.3, 0.4) is 0 Å². The lowest BCUT2D eigenvalue weighted by Gasteiger charge is -2.12. The van der Waals surface area contributed by atoms with Gasteiger partial charge in [0.2, 0.25) is 0 Å². The molecular weight excluding hydrogens is 381 g/mol. The van der Waals surface area contributed by atoms with E-state index in [2.05, 4.69) is 0 Å². The summed E-state index contributed by atoms with van der Waals surface area (Å²) in [6.45, 7) is 0.0334. The molecule has 3 rings (SSSR count). The van der Waals surface area contributed by atoms with Gasteiger partial charge in [-0.3, -0.25) is 14.5 Å². The number of aromatic hydroxyl groups is 1. The third-order valence-electron chi connectivity index (χ3n) is 3.82. The maximum atomic E-state index is 12.9. The molecule has 0 aliphatic carbocycles. The lowest BCUT2D eigenvalue weighted by molar-refractivity contribution is -0.138. The van der Waals surface area contributed by atoms with Crippen molar-refractivity contribution in [3.8, 4) is 5.75 Å².